The summed E-state index contributed by atoms with van der Waals surface area (Å²) in [7, 11) is 0. The zero-order valence-corrected chi connectivity index (χ0v) is 14.4. The molecule has 2 aromatic rings. The van der Waals surface area contributed by atoms with E-state index in [0.717, 1.165) is 6.42 Å². The lowest BCUT2D eigenvalue weighted by Crippen LogP contribution is -2.35. The van der Waals surface area contributed by atoms with Gasteiger partial charge in [0.1, 0.15) is 0 Å². The largest absolute Gasteiger partial charge is 0.352 e. The third-order valence-electron chi connectivity index (χ3n) is 3.93. The maximum absolute atomic E-state index is 13.9. The Morgan fingerprint density at radius 2 is 1.83 bits per heavy atom. The van der Waals surface area contributed by atoms with Crippen LogP contribution in [0.5, 0.6) is 0 Å². The molecule has 24 heavy (non-hydrogen) atoms. The Kier molecular flexibility index (Phi) is 5.21. The molecular weight excluding hydrogens is 352 g/mol. The predicted molar refractivity (Wildman–Crippen MR) is 93.4 cm³/mol. The van der Waals surface area contributed by atoms with Gasteiger partial charge in [-0.3, -0.25) is 4.79 Å². The van der Waals surface area contributed by atoms with Crippen LogP contribution in [0.4, 0.5) is 10.2 Å². The van der Waals surface area contributed by atoms with Gasteiger partial charge in [-0.05, 0) is 36.8 Å². The number of aromatic nitrogens is 1. The van der Waals surface area contributed by atoms with E-state index < -0.39 is 0 Å². The highest BCUT2D eigenvalue weighted by atomic mass is 35.5. The van der Waals surface area contributed by atoms with Gasteiger partial charge in [-0.25, -0.2) is 9.37 Å². The zero-order valence-electron chi connectivity index (χ0n) is 12.9. The van der Waals surface area contributed by atoms with Crippen LogP contribution < -0.4 is 4.90 Å². The number of benzene rings is 1. The van der Waals surface area contributed by atoms with Crippen molar-refractivity contribution in [2.45, 2.75) is 6.42 Å². The normalized spacial score (nSPS) is 15.3. The van der Waals surface area contributed by atoms with Gasteiger partial charge in [-0.1, -0.05) is 23.2 Å². The van der Waals surface area contributed by atoms with Gasteiger partial charge in [0.2, 0.25) is 0 Å². The van der Waals surface area contributed by atoms with Crippen LogP contribution in [0.25, 0.3) is 0 Å². The molecule has 1 saturated heterocycles. The quantitative estimate of drug-likeness (QED) is 0.807. The number of pyridine rings is 1. The maximum atomic E-state index is 13.9. The molecule has 0 saturated carbocycles. The van der Waals surface area contributed by atoms with Crippen molar-refractivity contribution < 1.29 is 9.18 Å². The van der Waals surface area contributed by atoms with Crippen LogP contribution in [-0.4, -0.2) is 42.0 Å². The predicted octanol–water partition coefficient (Wildman–Crippen LogP) is 3.88. The first-order valence-corrected chi connectivity index (χ1v) is 8.41. The van der Waals surface area contributed by atoms with Gasteiger partial charge in [-0.2, -0.15) is 0 Å². The second kappa shape index (κ2) is 7.36. The van der Waals surface area contributed by atoms with Crippen LogP contribution in [0, 0.1) is 5.82 Å². The molecule has 1 aromatic heterocycles. The van der Waals surface area contributed by atoms with E-state index >= 15 is 0 Å². The van der Waals surface area contributed by atoms with E-state index in [4.69, 9.17) is 23.2 Å². The SMILES string of the molecule is O=C(c1cc(Cl)cc(Cl)c1)N1CCCN(c2ncccc2F)CC1. The number of amides is 1. The summed E-state index contributed by atoms with van der Waals surface area (Å²) in [5, 5.41) is 0.857. The number of rotatable bonds is 2. The number of anilines is 1. The molecule has 3 rings (SSSR count). The van der Waals surface area contributed by atoms with Crippen molar-refractivity contribution in [1.29, 1.82) is 0 Å². The molecule has 1 aliphatic heterocycles. The molecule has 4 nitrogen and oxygen atoms in total. The summed E-state index contributed by atoms with van der Waals surface area (Å²) < 4.78 is 13.9. The van der Waals surface area contributed by atoms with Crippen molar-refractivity contribution in [3.8, 4) is 0 Å². The third-order valence-corrected chi connectivity index (χ3v) is 4.37. The minimum absolute atomic E-state index is 0.122. The van der Waals surface area contributed by atoms with Gasteiger partial charge in [0.05, 0.1) is 0 Å². The standard InChI is InChI=1S/C17H16Cl2FN3O/c18-13-9-12(10-14(19)11-13)17(24)23-6-2-5-22(7-8-23)16-15(20)3-1-4-21-16/h1,3-4,9-11H,2,5-8H2. The van der Waals surface area contributed by atoms with Crippen LogP contribution in [0.2, 0.25) is 10.0 Å². The Balaban J connectivity index is 1.73. The Hall–Kier alpha value is -1.85. The topological polar surface area (TPSA) is 36.4 Å². The lowest BCUT2D eigenvalue weighted by atomic mass is 10.2. The van der Waals surface area contributed by atoms with E-state index in [0.29, 0.717) is 47.6 Å². The first-order valence-electron chi connectivity index (χ1n) is 7.65. The fourth-order valence-electron chi connectivity index (χ4n) is 2.80. The molecular formula is C17H16Cl2FN3O. The Morgan fingerprint density at radius 1 is 1.08 bits per heavy atom. The van der Waals surface area contributed by atoms with Crippen molar-refractivity contribution in [3.05, 3.63) is 58.0 Å². The number of halogens is 3. The van der Waals surface area contributed by atoms with Gasteiger partial charge >= 0.3 is 0 Å². The molecule has 0 radical (unpaired) electrons. The summed E-state index contributed by atoms with van der Waals surface area (Å²) in [6.07, 6.45) is 2.30. The van der Waals surface area contributed by atoms with E-state index in [1.165, 1.54) is 6.07 Å². The van der Waals surface area contributed by atoms with Crippen LogP contribution in [0.3, 0.4) is 0 Å². The molecule has 1 aliphatic rings. The average Bonchev–Trinajstić information content (AvgIpc) is 2.79. The molecule has 2 heterocycles. The summed E-state index contributed by atoms with van der Waals surface area (Å²) in [6.45, 7) is 2.24. The van der Waals surface area contributed by atoms with E-state index in [1.54, 1.807) is 35.4 Å². The molecule has 126 valence electrons. The van der Waals surface area contributed by atoms with Gasteiger partial charge in [0, 0.05) is 48.0 Å². The summed E-state index contributed by atoms with van der Waals surface area (Å²) in [5.41, 5.74) is 0.463. The van der Waals surface area contributed by atoms with E-state index in [1.807, 2.05) is 4.90 Å². The van der Waals surface area contributed by atoms with E-state index in [-0.39, 0.29) is 11.7 Å². The molecule has 1 aromatic carbocycles. The molecule has 1 fully saturated rings. The van der Waals surface area contributed by atoms with Gasteiger partial charge in [0.15, 0.2) is 11.6 Å². The Morgan fingerprint density at radius 3 is 2.54 bits per heavy atom. The first-order chi connectivity index (χ1) is 11.5. The van der Waals surface area contributed by atoms with E-state index in [9.17, 15) is 9.18 Å². The maximum Gasteiger partial charge on any atom is 0.254 e. The number of nitrogens with zero attached hydrogens (tertiary/aromatic N) is 3. The van der Waals surface area contributed by atoms with Crippen molar-refractivity contribution in [1.82, 2.24) is 9.88 Å². The second-order valence-corrected chi connectivity index (χ2v) is 6.47. The first kappa shape index (κ1) is 17.0. The third kappa shape index (κ3) is 3.79. The molecule has 7 heteroatoms. The summed E-state index contributed by atoms with van der Waals surface area (Å²) in [4.78, 5) is 20.4. The average molecular weight is 368 g/mol. The van der Waals surface area contributed by atoms with Crippen LogP contribution in [-0.2, 0) is 0 Å². The number of hydrogen-bond donors (Lipinski definition) is 0. The molecule has 0 aliphatic carbocycles. The van der Waals surface area contributed by atoms with Gasteiger partial charge in [-0.15, -0.1) is 0 Å². The highest BCUT2D eigenvalue weighted by Gasteiger charge is 2.22. The minimum Gasteiger partial charge on any atom is -0.352 e. The molecule has 0 unspecified atom stereocenters. The van der Waals surface area contributed by atoms with Crippen molar-refractivity contribution in [3.63, 3.8) is 0 Å². The Bertz CT molecular complexity index is 736. The van der Waals surface area contributed by atoms with Crippen LogP contribution in [0.1, 0.15) is 16.8 Å². The van der Waals surface area contributed by atoms with Crippen LogP contribution >= 0.6 is 23.2 Å². The summed E-state index contributed by atoms with van der Waals surface area (Å²) in [6, 6.07) is 7.76. The molecule has 0 N–H and O–H groups in total. The van der Waals surface area contributed by atoms with Crippen molar-refractivity contribution in [2.75, 3.05) is 31.1 Å². The zero-order chi connectivity index (χ0) is 17.1. The fraction of sp³-hybridized carbons (Fsp3) is 0.294. The number of carbonyl (C=O) groups excluding carboxylic acids is 1. The molecule has 0 bridgehead atoms. The molecule has 1 amide bonds. The molecule has 0 spiro atoms. The van der Waals surface area contributed by atoms with Crippen molar-refractivity contribution in [2.24, 2.45) is 0 Å². The number of carbonyl (C=O) groups is 1. The van der Waals surface area contributed by atoms with Crippen LogP contribution in [0.15, 0.2) is 36.5 Å². The second-order valence-electron chi connectivity index (χ2n) is 5.60. The lowest BCUT2D eigenvalue weighted by molar-refractivity contribution is 0.0767. The monoisotopic (exact) mass is 367 g/mol. The van der Waals surface area contributed by atoms with Gasteiger partial charge in [0.25, 0.3) is 5.91 Å². The van der Waals surface area contributed by atoms with Gasteiger partial charge < -0.3 is 9.80 Å². The lowest BCUT2D eigenvalue weighted by Gasteiger charge is -2.23. The van der Waals surface area contributed by atoms with Crippen molar-refractivity contribution >= 4 is 34.9 Å². The smallest absolute Gasteiger partial charge is 0.254 e. The summed E-state index contributed by atoms with van der Waals surface area (Å²) >= 11 is 11.9. The highest BCUT2D eigenvalue weighted by molar-refractivity contribution is 6.35. The highest BCUT2D eigenvalue weighted by Crippen LogP contribution is 2.22. The summed E-state index contributed by atoms with van der Waals surface area (Å²) in [5.74, 6) is -0.140. The fourth-order valence-corrected chi connectivity index (χ4v) is 3.33. The van der Waals surface area contributed by atoms with E-state index in [2.05, 4.69) is 4.98 Å². The Labute approximate surface area is 149 Å². The molecule has 0 atom stereocenters. The number of hydrogen-bond acceptors (Lipinski definition) is 3. The minimum atomic E-state index is -0.348.